The maximum Gasteiger partial charge on any atom is 0.277 e. The van der Waals surface area contributed by atoms with Crippen molar-refractivity contribution in [3.8, 4) is 0 Å². The number of nitrogens with zero attached hydrogens (tertiary/aromatic N) is 3. The molecule has 0 radical (unpaired) electrons. The highest BCUT2D eigenvalue weighted by Crippen LogP contribution is 2.36. The summed E-state index contributed by atoms with van der Waals surface area (Å²) in [5, 5.41) is 0. The van der Waals surface area contributed by atoms with Crippen molar-refractivity contribution in [2.45, 2.75) is 26.5 Å². The molecule has 8 heteroatoms. The summed E-state index contributed by atoms with van der Waals surface area (Å²) in [5.41, 5.74) is 1.56. The van der Waals surface area contributed by atoms with Crippen LogP contribution in [0.3, 0.4) is 0 Å². The number of hydrogen-bond acceptors (Lipinski definition) is 3. The molecule has 0 spiro atoms. The Kier molecular flexibility index (Phi) is 5.95. The van der Waals surface area contributed by atoms with Crippen LogP contribution in [0.25, 0.3) is 0 Å². The van der Waals surface area contributed by atoms with Crippen LogP contribution >= 0.6 is 6.72 Å². The molecule has 0 bridgehead atoms. The molecule has 1 heterocycles. The van der Waals surface area contributed by atoms with Gasteiger partial charge in [0.25, 0.3) is 6.72 Å². The Morgan fingerprint density at radius 1 is 1.21 bits per heavy atom. The maximum absolute atomic E-state index is 9.27. The third kappa shape index (κ3) is 4.85. The Hall–Kier alpha value is -0.460. The van der Waals surface area contributed by atoms with E-state index < -0.39 is 16.8 Å². The molecule has 6 nitrogen and oxygen atoms in total. The molecule has 1 atom stereocenters. The minimum absolute atomic E-state index is 0.342. The van der Waals surface area contributed by atoms with E-state index in [0.717, 1.165) is 24.5 Å². The minimum Gasteiger partial charge on any atom is -0.341 e. The van der Waals surface area contributed by atoms with Crippen LogP contribution in [-0.4, -0.2) is 44.0 Å². The number of anilines is 1. The van der Waals surface area contributed by atoms with Gasteiger partial charge in [-0.1, -0.05) is 0 Å². The standard InChI is InChI=1S/C11H22N3O3PS/c1-5-14(6-2)11-12-9(3)7-10(13-11)8-19(4)18(15,16)17/h7,15-17H,5-6,8H2,1-4H3. The monoisotopic (exact) mass is 307 g/mol. The van der Waals surface area contributed by atoms with Crippen molar-refractivity contribution >= 4 is 22.7 Å². The van der Waals surface area contributed by atoms with Gasteiger partial charge >= 0.3 is 0 Å². The molecule has 110 valence electrons. The van der Waals surface area contributed by atoms with E-state index >= 15 is 0 Å². The van der Waals surface area contributed by atoms with Crippen molar-refractivity contribution in [1.82, 2.24) is 9.97 Å². The molecule has 0 amide bonds. The van der Waals surface area contributed by atoms with Crippen LogP contribution in [0.4, 0.5) is 5.95 Å². The number of aryl methyl sites for hydroxylation is 1. The third-order valence-electron chi connectivity index (χ3n) is 2.72. The first-order valence-electron chi connectivity index (χ1n) is 6.08. The van der Waals surface area contributed by atoms with Crippen molar-refractivity contribution < 1.29 is 14.7 Å². The van der Waals surface area contributed by atoms with E-state index in [0.29, 0.717) is 11.7 Å². The molecular weight excluding hydrogens is 285 g/mol. The summed E-state index contributed by atoms with van der Waals surface area (Å²) in [4.78, 5) is 38.7. The Morgan fingerprint density at radius 3 is 2.26 bits per heavy atom. The average molecular weight is 307 g/mol. The van der Waals surface area contributed by atoms with E-state index in [1.807, 2.05) is 31.7 Å². The van der Waals surface area contributed by atoms with E-state index in [9.17, 15) is 14.7 Å². The average Bonchev–Trinajstić information content (AvgIpc) is 2.28. The van der Waals surface area contributed by atoms with E-state index in [4.69, 9.17) is 0 Å². The van der Waals surface area contributed by atoms with Gasteiger partial charge in [0.15, 0.2) is 0 Å². The molecule has 3 N–H and O–H groups in total. The molecule has 1 aromatic rings. The van der Waals surface area contributed by atoms with Gasteiger partial charge in [0.2, 0.25) is 5.95 Å². The zero-order valence-electron chi connectivity index (χ0n) is 11.7. The second-order valence-corrected chi connectivity index (χ2v) is 10.1. The lowest BCUT2D eigenvalue weighted by Crippen LogP contribution is -2.25. The van der Waals surface area contributed by atoms with Crippen LogP contribution in [-0.2, 0) is 15.8 Å². The van der Waals surface area contributed by atoms with Crippen molar-refractivity contribution in [2.75, 3.05) is 24.2 Å². The Labute approximate surface area is 116 Å². The summed E-state index contributed by atoms with van der Waals surface area (Å²) >= 11 is 0. The molecule has 0 aromatic carbocycles. The highest BCUT2D eigenvalue weighted by molar-refractivity contribution is 8.26. The lowest BCUT2D eigenvalue weighted by Gasteiger charge is -2.20. The summed E-state index contributed by atoms with van der Waals surface area (Å²) in [6.45, 7) is 3.79. The predicted octanol–water partition coefficient (Wildman–Crippen LogP) is 1.03. The van der Waals surface area contributed by atoms with Gasteiger partial charge in [-0.3, -0.25) is 0 Å². The van der Waals surface area contributed by atoms with E-state index in [-0.39, 0.29) is 0 Å². The first-order chi connectivity index (χ1) is 8.77. The largest absolute Gasteiger partial charge is 0.341 e. The van der Waals surface area contributed by atoms with Gasteiger partial charge in [-0.15, -0.1) is 10.1 Å². The van der Waals surface area contributed by atoms with Crippen molar-refractivity contribution in [1.29, 1.82) is 0 Å². The molecule has 1 aromatic heterocycles. The van der Waals surface area contributed by atoms with Crippen LogP contribution in [0, 0.1) is 6.92 Å². The first kappa shape index (κ1) is 16.6. The minimum atomic E-state index is -3.79. The summed E-state index contributed by atoms with van der Waals surface area (Å²) < 4.78 is 0. The van der Waals surface area contributed by atoms with Crippen LogP contribution < -0.4 is 4.90 Å². The fraction of sp³-hybridized carbons (Fsp3) is 0.636. The molecule has 0 aliphatic carbocycles. The van der Waals surface area contributed by atoms with Gasteiger partial charge in [-0.25, -0.2) is 9.97 Å². The highest BCUT2D eigenvalue weighted by atomic mass is 32.5. The van der Waals surface area contributed by atoms with Gasteiger partial charge in [0.05, 0.1) is 5.69 Å². The molecule has 0 saturated heterocycles. The van der Waals surface area contributed by atoms with Crippen LogP contribution in [0.1, 0.15) is 25.2 Å². The first-order valence-corrected chi connectivity index (χ1v) is 10.1. The lowest BCUT2D eigenvalue weighted by molar-refractivity contribution is 0.362. The molecular formula is C11H22N3O3PS. The van der Waals surface area contributed by atoms with Crippen LogP contribution in [0.2, 0.25) is 0 Å². The molecule has 1 unspecified atom stereocenters. The van der Waals surface area contributed by atoms with Gasteiger partial charge < -0.3 is 19.6 Å². The Balaban J connectivity index is 3.11. The summed E-state index contributed by atoms with van der Waals surface area (Å²) in [6, 6.07) is 1.81. The fourth-order valence-corrected chi connectivity index (χ4v) is 3.30. The van der Waals surface area contributed by atoms with E-state index in [1.165, 1.54) is 0 Å². The SMILES string of the molecule is CCN(CC)c1nc(C)cc(CS(C)=P(O)(O)O)n1. The lowest BCUT2D eigenvalue weighted by atomic mass is 10.3. The van der Waals surface area contributed by atoms with Gasteiger partial charge in [-0.2, -0.15) is 0 Å². The fourth-order valence-electron chi connectivity index (χ4n) is 1.64. The van der Waals surface area contributed by atoms with Crippen molar-refractivity contribution in [3.05, 3.63) is 17.5 Å². The number of rotatable bonds is 5. The normalized spacial score (nSPS) is 13.4. The zero-order valence-corrected chi connectivity index (χ0v) is 13.4. The van der Waals surface area contributed by atoms with Gasteiger partial charge in [0.1, 0.15) is 0 Å². The smallest absolute Gasteiger partial charge is 0.277 e. The van der Waals surface area contributed by atoms with Gasteiger partial charge in [0, 0.05) is 24.5 Å². The number of hydrogen-bond donors (Lipinski definition) is 3. The topological polar surface area (TPSA) is 89.7 Å². The molecule has 0 aliphatic rings. The van der Waals surface area contributed by atoms with E-state index in [1.54, 1.807) is 6.26 Å². The quantitative estimate of drug-likeness (QED) is 0.704. The summed E-state index contributed by atoms with van der Waals surface area (Å²) in [7, 11) is -0.903. The molecule has 0 saturated carbocycles. The molecule has 19 heavy (non-hydrogen) atoms. The Bertz CT molecular complexity index is 492. The second kappa shape index (κ2) is 6.81. The highest BCUT2D eigenvalue weighted by Gasteiger charge is 2.12. The van der Waals surface area contributed by atoms with E-state index in [2.05, 4.69) is 9.97 Å². The second-order valence-electron chi connectivity index (χ2n) is 4.23. The Morgan fingerprint density at radius 2 is 1.79 bits per heavy atom. The van der Waals surface area contributed by atoms with Crippen molar-refractivity contribution in [2.24, 2.45) is 0 Å². The van der Waals surface area contributed by atoms with Crippen LogP contribution in [0.15, 0.2) is 6.07 Å². The molecule has 0 aliphatic heterocycles. The molecule has 0 fully saturated rings. The zero-order chi connectivity index (χ0) is 14.6. The third-order valence-corrected chi connectivity index (χ3v) is 7.16. The maximum atomic E-state index is 9.27. The summed E-state index contributed by atoms with van der Waals surface area (Å²) in [5.74, 6) is 0.990. The predicted molar refractivity (Wildman–Crippen MR) is 80.9 cm³/mol. The number of aromatic nitrogens is 2. The van der Waals surface area contributed by atoms with Crippen LogP contribution in [0.5, 0.6) is 0 Å². The summed E-state index contributed by atoms with van der Waals surface area (Å²) in [6.07, 6.45) is 1.63. The van der Waals surface area contributed by atoms with Gasteiger partial charge in [-0.05, 0) is 33.1 Å². The van der Waals surface area contributed by atoms with Crippen molar-refractivity contribution in [3.63, 3.8) is 0 Å². The molecule has 1 rings (SSSR count).